The molecule has 1 atom stereocenters. The lowest BCUT2D eigenvalue weighted by molar-refractivity contribution is 0.210. The molecule has 2 heterocycles. The van der Waals surface area contributed by atoms with Gasteiger partial charge in [-0.15, -0.1) is 5.10 Å². The van der Waals surface area contributed by atoms with E-state index in [1.54, 1.807) is 10.9 Å². The maximum atomic E-state index is 10.3. The summed E-state index contributed by atoms with van der Waals surface area (Å²) < 4.78 is 6.38. The molecule has 86 valence electrons. The molecule has 1 unspecified atom stereocenters. The van der Waals surface area contributed by atoms with E-state index < -0.39 is 6.10 Å². The maximum Gasteiger partial charge on any atom is 0.134 e. The molecule has 0 fully saturated rings. The topological polar surface area (TPSA) is 63.8 Å². The van der Waals surface area contributed by atoms with Gasteiger partial charge in [0.2, 0.25) is 0 Å². The van der Waals surface area contributed by atoms with Gasteiger partial charge in [-0.05, 0) is 41.3 Å². The quantitative estimate of drug-likeness (QED) is 0.940. The molecular formula is C9H11BrN4OS. The number of aliphatic hydroxyl groups excluding tert-OH is 1. The van der Waals surface area contributed by atoms with Crippen molar-refractivity contribution in [3.05, 3.63) is 26.9 Å². The van der Waals surface area contributed by atoms with Gasteiger partial charge in [-0.1, -0.05) is 4.49 Å². The van der Waals surface area contributed by atoms with Crippen LogP contribution in [0, 0.1) is 6.92 Å². The molecule has 0 radical (unpaired) electrons. The van der Waals surface area contributed by atoms with E-state index in [2.05, 4.69) is 30.6 Å². The van der Waals surface area contributed by atoms with Crippen LogP contribution in [0.4, 0.5) is 0 Å². The molecule has 0 aliphatic rings. The summed E-state index contributed by atoms with van der Waals surface area (Å²) in [4.78, 5) is 0.760. The summed E-state index contributed by atoms with van der Waals surface area (Å²) in [7, 11) is 0. The highest BCUT2D eigenvalue weighted by atomic mass is 79.9. The second-order valence-electron chi connectivity index (χ2n) is 3.32. The number of aliphatic hydroxyl groups is 1. The largest absolute Gasteiger partial charge is 0.381 e. The maximum absolute atomic E-state index is 10.3. The van der Waals surface area contributed by atoms with E-state index in [-0.39, 0.29) is 0 Å². The standard InChI is InChI=1S/C9H11BrN4OS/c1-3-14-7(6(10)4-11-14)8(15)9-5(2)12-13-16-9/h4,8,15H,3H2,1-2H3. The van der Waals surface area contributed by atoms with Gasteiger partial charge in [0.15, 0.2) is 0 Å². The zero-order valence-electron chi connectivity index (χ0n) is 8.88. The van der Waals surface area contributed by atoms with Crippen LogP contribution in [0.5, 0.6) is 0 Å². The molecule has 1 N–H and O–H groups in total. The SMILES string of the molecule is CCn1ncc(Br)c1C(O)c1snnc1C. The van der Waals surface area contributed by atoms with Crippen LogP contribution in [0.15, 0.2) is 10.7 Å². The van der Waals surface area contributed by atoms with Crippen molar-refractivity contribution in [1.82, 2.24) is 19.4 Å². The van der Waals surface area contributed by atoms with E-state index in [1.165, 1.54) is 11.5 Å². The Morgan fingerprint density at radius 3 is 2.94 bits per heavy atom. The molecule has 2 rings (SSSR count). The first kappa shape index (κ1) is 11.7. The van der Waals surface area contributed by atoms with Crippen molar-refractivity contribution in [1.29, 1.82) is 0 Å². The van der Waals surface area contributed by atoms with Crippen molar-refractivity contribution in [3.8, 4) is 0 Å². The average molecular weight is 303 g/mol. The molecule has 0 aliphatic carbocycles. The highest BCUT2D eigenvalue weighted by Crippen LogP contribution is 2.31. The molecule has 0 bridgehead atoms. The molecule has 0 saturated heterocycles. The van der Waals surface area contributed by atoms with E-state index in [0.717, 1.165) is 20.7 Å². The van der Waals surface area contributed by atoms with Crippen LogP contribution < -0.4 is 0 Å². The van der Waals surface area contributed by atoms with Crippen LogP contribution in [0.3, 0.4) is 0 Å². The summed E-state index contributed by atoms with van der Waals surface area (Å²) in [6.07, 6.45) is 0.961. The number of halogens is 1. The number of hydrogen-bond donors (Lipinski definition) is 1. The van der Waals surface area contributed by atoms with Crippen LogP contribution in [0.2, 0.25) is 0 Å². The normalized spacial score (nSPS) is 13.0. The summed E-state index contributed by atoms with van der Waals surface area (Å²) in [6, 6.07) is 0. The molecule has 2 aromatic heterocycles. The summed E-state index contributed by atoms with van der Waals surface area (Å²) in [5.41, 5.74) is 1.50. The van der Waals surface area contributed by atoms with E-state index in [9.17, 15) is 5.11 Å². The highest BCUT2D eigenvalue weighted by Gasteiger charge is 2.22. The minimum atomic E-state index is -0.725. The minimum Gasteiger partial charge on any atom is -0.381 e. The van der Waals surface area contributed by atoms with Crippen molar-refractivity contribution in [3.63, 3.8) is 0 Å². The van der Waals surface area contributed by atoms with Crippen molar-refractivity contribution in [2.24, 2.45) is 0 Å². The molecule has 0 aromatic carbocycles. The second-order valence-corrected chi connectivity index (χ2v) is 4.96. The Balaban J connectivity index is 2.44. The smallest absolute Gasteiger partial charge is 0.134 e. The van der Waals surface area contributed by atoms with Gasteiger partial charge < -0.3 is 5.11 Å². The highest BCUT2D eigenvalue weighted by molar-refractivity contribution is 9.10. The minimum absolute atomic E-state index is 0.712. The predicted octanol–water partition coefficient (Wildman–Crippen LogP) is 1.91. The van der Waals surface area contributed by atoms with Crippen molar-refractivity contribution >= 4 is 27.5 Å². The second kappa shape index (κ2) is 4.60. The van der Waals surface area contributed by atoms with Crippen LogP contribution in [-0.4, -0.2) is 24.5 Å². The summed E-state index contributed by atoms with van der Waals surface area (Å²) in [5, 5.41) is 18.3. The molecule has 16 heavy (non-hydrogen) atoms. The monoisotopic (exact) mass is 302 g/mol. The van der Waals surface area contributed by atoms with Crippen LogP contribution in [0.1, 0.15) is 29.3 Å². The number of hydrogen-bond acceptors (Lipinski definition) is 5. The van der Waals surface area contributed by atoms with Gasteiger partial charge in [-0.3, -0.25) is 4.68 Å². The Hall–Kier alpha value is -0.790. The van der Waals surface area contributed by atoms with Gasteiger partial charge in [-0.25, -0.2) is 0 Å². The van der Waals surface area contributed by atoms with Crippen LogP contribution in [-0.2, 0) is 6.54 Å². The first-order valence-electron chi connectivity index (χ1n) is 4.83. The number of nitrogens with zero attached hydrogens (tertiary/aromatic N) is 4. The Labute approximate surface area is 105 Å². The van der Waals surface area contributed by atoms with Gasteiger partial charge in [-0.2, -0.15) is 5.10 Å². The van der Waals surface area contributed by atoms with Crippen molar-refractivity contribution in [2.75, 3.05) is 0 Å². The zero-order valence-corrected chi connectivity index (χ0v) is 11.3. The van der Waals surface area contributed by atoms with Crippen molar-refractivity contribution < 1.29 is 5.11 Å². The fraction of sp³-hybridized carbons (Fsp3) is 0.444. The van der Waals surface area contributed by atoms with Gasteiger partial charge >= 0.3 is 0 Å². The zero-order chi connectivity index (χ0) is 11.7. The lowest BCUT2D eigenvalue weighted by Crippen LogP contribution is -2.09. The summed E-state index contributed by atoms with van der Waals surface area (Å²) in [5.74, 6) is 0. The lowest BCUT2D eigenvalue weighted by atomic mass is 10.2. The third-order valence-corrected chi connectivity index (χ3v) is 3.82. The number of aromatic nitrogens is 4. The van der Waals surface area contributed by atoms with E-state index in [4.69, 9.17) is 0 Å². The average Bonchev–Trinajstić information content (AvgIpc) is 2.83. The predicted molar refractivity (Wildman–Crippen MR) is 64.3 cm³/mol. The van der Waals surface area contributed by atoms with Gasteiger partial charge in [0.25, 0.3) is 0 Å². The van der Waals surface area contributed by atoms with E-state index in [0.29, 0.717) is 6.54 Å². The Kier molecular flexibility index (Phi) is 3.36. The third-order valence-electron chi connectivity index (χ3n) is 2.33. The van der Waals surface area contributed by atoms with Gasteiger partial charge in [0.05, 0.1) is 26.9 Å². The molecule has 0 saturated carbocycles. The van der Waals surface area contributed by atoms with E-state index >= 15 is 0 Å². The van der Waals surface area contributed by atoms with Crippen LogP contribution >= 0.6 is 27.5 Å². The fourth-order valence-electron chi connectivity index (χ4n) is 1.51. The lowest BCUT2D eigenvalue weighted by Gasteiger charge is -2.11. The molecule has 5 nitrogen and oxygen atoms in total. The number of rotatable bonds is 3. The Morgan fingerprint density at radius 2 is 2.38 bits per heavy atom. The Bertz CT molecular complexity index is 495. The van der Waals surface area contributed by atoms with Gasteiger partial charge in [0, 0.05) is 6.54 Å². The first-order chi connectivity index (χ1) is 7.65. The number of aryl methyl sites for hydroxylation is 2. The molecule has 0 spiro atoms. The summed E-state index contributed by atoms with van der Waals surface area (Å²) in [6.45, 7) is 4.53. The molecule has 2 aromatic rings. The molecule has 7 heteroatoms. The van der Waals surface area contributed by atoms with Gasteiger partial charge in [0.1, 0.15) is 6.10 Å². The Morgan fingerprint density at radius 1 is 1.62 bits per heavy atom. The van der Waals surface area contributed by atoms with Crippen LogP contribution in [0.25, 0.3) is 0 Å². The third kappa shape index (κ3) is 1.90. The molecule has 0 aliphatic heterocycles. The molecular weight excluding hydrogens is 292 g/mol. The summed E-state index contributed by atoms with van der Waals surface area (Å²) >= 11 is 4.60. The fourth-order valence-corrected chi connectivity index (χ4v) is 2.66. The molecule has 0 amide bonds. The van der Waals surface area contributed by atoms with Crippen molar-refractivity contribution in [2.45, 2.75) is 26.5 Å². The first-order valence-corrected chi connectivity index (χ1v) is 6.40. The van der Waals surface area contributed by atoms with E-state index in [1.807, 2.05) is 13.8 Å².